The minimum Gasteiger partial charge on any atom is -0.491 e. The molecule has 10 N–H and O–H groups in total. The maximum atomic E-state index is 12.6. The third-order valence-corrected chi connectivity index (χ3v) is 13.0. The SMILES string of the molecule is COC(=O)C(CCCC(NC(=O)OCCOCCOc1ccc(CCCCCC(=N)CC(=O)c2nc(Cl)c(N)nc2N)cc1)C(=O)OC)NC(=O)OCCOCCOc1ccc(CCCCCC(=N)CC(=O)c2nc(Cl)c(C)nc2N)cc1. The van der Waals surface area contributed by atoms with Gasteiger partial charge in [0.25, 0.3) is 0 Å². The standard InChI is InChI=1S/C56H75Cl2N11O14/c1-35-48(57)67-46(50(61)64-35)44(70)33-38(59)13-8-4-6-11-36-17-21-40(22-18-36)80-29-25-78-27-31-82-55(74)65-42(53(72)76-2)15-10-16-43(54(73)77-3)66-56(75)83-32-28-79-26-30-81-41-23-19-37(20-24-41)12-7-5-9-14-39(60)34-45(71)47-51(62)69-52(63)49(58)68-47/h17-24,42-43,59-60H,4-16,25-34H2,1-3H3,(H2,61,64)(H,65,74)(H,66,75)(H4,62,63,69). The second-order valence-corrected chi connectivity index (χ2v) is 19.6. The quantitative estimate of drug-likeness (QED) is 0.00740. The van der Waals surface area contributed by atoms with Gasteiger partial charge in [0.05, 0.1) is 59.2 Å². The Hall–Kier alpha value is -7.74. The first-order valence-corrected chi connectivity index (χ1v) is 27.8. The first-order chi connectivity index (χ1) is 39.9. The summed E-state index contributed by atoms with van der Waals surface area (Å²) in [4.78, 5) is 90.9. The van der Waals surface area contributed by atoms with E-state index < -0.39 is 42.0 Å². The number of alkyl carbamates (subject to hydrolysis) is 2. The molecule has 0 fully saturated rings. The second kappa shape index (κ2) is 37.4. The van der Waals surface area contributed by atoms with Crippen LogP contribution in [0.1, 0.15) is 121 Å². The summed E-state index contributed by atoms with van der Waals surface area (Å²) in [6.45, 7) is 2.46. The maximum Gasteiger partial charge on any atom is 0.407 e. The van der Waals surface area contributed by atoms with E-state index in [1.165, 1.54) is 7.11 Å². The molecule has 83 heavy (non-hydrogen) atoms. The Morgan fingerprint density at radius 2 is 0.928 bits per heavy atom. The van der Waals surface area contributed by atoms with Gasteiger partial charge in [-0.15, -0.1) is 0 Å². The molecule has 27 heteroatoms. The molecule has 452 valence electrons. The van der Waals surface area contributed by atoms with Crippen molar-refractivity contribution in [2.45, 2.75) is 115 Å². The Bertz CT molecular complexity index is 2590. The van der Waals surface area contributed by atoms with Gasteiger partial charge in [0, 0.05) is 11.4 Å². The van der Waals surface area contributed by atoms with Gasteiger partial charge in [-0.2, -0.15) is 0 Å². The minimum atomic E-state index is -1.12. The number of ether oxygens (including phenoxy) is 8. The summed E-state index contributed by atoms with van der Waals surface area (Å²) in [6, 6.07) is 13.1. The van der Waals surface area contributed by atoms with E-state index in [2.05, 4.69) is 30.6 Å². The van der Waals surface area contributed by atoms with E-state index in [0.29, 0.717) is 35.7 Å². The highest BCUT2D eigenvalue weighted by molar-refractivity contribution is 6.32. The van der Waals surface area contributed by atoms with Gasteiger partial charge >= 0.3 is 24.1 Å². The molecule has 0 bridgehead atoms. The lowest BCUT2D eigenvalue weighted by Crippen LogP contribution is -2.44. The van der Waals surface area contributed by atoms with Crippen LogP contribution in [0.25, 0.3) is 0 Å². The third kappa shape index (κ3) is 25.9. The predicted octanol–water partition coefficient (Wildman–Crippen LogP) is 7.62. The molecule has 2 atom stereocenters. The highest BCUT2D eigenvalue weighted by Gasteiger charge is 2.26. The molecule has 0 radical (unpaired) electrons. The van der Waals surface area contributed by atoms with Crippen molar-refractivity contribution in [3.05, 3.63) is 87.0 Å². The van der Waals surface area contributed by atoms with Gasteiger partial charge in [-0.1, -0.05) is 60.3 Å². The number of Topliss-reactive ketones (excluding diaryl/α,β-unsaturated/α-hetero) is 2. The van der Waals surface area contributed by atoms with Crippen LogP contribution in [0.5, 0.6) is 11.5 Å². The molecule has 0 aliphatic rings. The van der Waals surface area contributed by atoms with Crippen LogP contribution >= 0.6 is 23.2 Å². The number of carbonyl (C=O) groups excluding carboxylic acids is 6. The Morgan fingerprint density at radius 3 is 1.36 bits per heavy atom. The van der Waals surface area contributed by atoms with Gasteiger partial charge in [-0.3, -0.25) is 9.59 Å². The topological polar surface area (TPSA) is 378 Å². The summed E-state index contributed by atoms with van der Waals surface area (Å²) < 4.78 is 42.6. The van der Waals surface area contributed by atoms with Crippen molar-refractivity contribution < 1.29 is 66.7 Å². The fraction of sp³-hybridized carbons (Fsp3) is 0.500. The van der Waals surface area contributed by atoms with Gasteiger partial charge in [0.1, 0.15) is 50.0 Å². The number of halogens is 2. The summed E-state index contributed by atoms with van der Waals surface area (Å²) in [5, 5.41) is 21.3. The Labute approximate surface area is 492 Å². The van der Waals surface area contributed by atoms with Crippen molar-refractivity contribution in [1.29, 1.82) is 10.8 Å². The summed E-state index contributed by atoms with van der Waals surface area (Å²) in [6.07, 6.45) is 5.98. The Morgan fingerprint density at radius 1 is 0.518 bits per heavy atom. The molecule has 4 aromatic rings. The molecule has 2 heterocycles. The molecule has 2 amide bonds. The van der Waals surface area contributed by atoms with Gasteiger partial charge in [-0.05, 0) is 113 Å². The largest absolute Gasteiger partial charge is 0.491 e. The lowest BCUT2D eigenvalue weighted by molar-refractivity contribution is -0.143. The normalized spacial score (nSPS) is 11.6. The van der Waals surface area contributed by atoms with Crippen molar-refractivity contribution >= 4 is 87.8 Å². The van der Waals surface area contributed by atoms with E-state index in [4.69, 9.17) is 89.1 Å². The van der Waals surface area contributed by atoms with Crippen molar-refractivity contribution in [2.24, 2.45) is 0 Å². The molecule has 0 saturated heterocycles. The van der Waals surface area contributed by atoms with Crippen LogP contribution in [-0.2, 0) is 50.9 Å². The number of carbonyl (C=O) groups is 6. The first-order valence-electron chi connectivity index (χ1n) is 27.1. The van der Waals surface area contributed by atoms with E-state index >= 15 is 0 Å². The number of aromatic nitrogens is 4. The average Bonchev–Trinajstić information content (AvgIpc) is 3.49. The van der Waals surface area contributed by atoms with Gasteiger partial charge in [0.15, 0.2) is 50.7 Å². The number of esters is 2. The number of nitrogens with zero attached hydrogens (tertiary/aromatic N) is 4. The van der Waals surface area contributed by atoms with E-state index in [-0.39, 0.29) is 136 Å². The fourth-order valence-corrected chi connectivity index (χ4v) is 8.25. The van der Waals surface area contributed by atoms with Crippen LogP contribution in [0, 0.1) is 17.7 Å². The summed E-state index contributed by atoms with van der Waals surface area (Å²) in [7, 11) is 2.33. The molecule has 0 aliphatic heterocycles. The smallest absolute Gasteiger partial charge is 0.407 e. The molecular formula is C56H75Cl2N11O14. The minimum absolute atomic E-state index is 0.00728. The van der Waals surface area contributed by atoms with Crippen molar-refractivity contribution in [1.82, 2.24) is 30.6 Å². The van der Waals surface area contributed by atoms with Crippen LogP contribution in [0.4, 0.5) is 27.0 Å². The average molecular weight is 1200 g/mol. The molecular weight excluding hydrogens is 1120 g/mol. The second-order valence-electron chi connectivity index (χ2n) is 18.8. The lowest BCUT2D eigenvalue weighted by atomic mass is 10.0. The third-order valence-electron chi connectivity index (χ3n) is 12.4. The molecule has 0 saturated carbocycles. The molecule has 2 aromatic heterocycles. The van der Waals surface area contributed by atoms with Crippen molar-refractivity contribution in [2.75, 3.05) is 84.3 Å². The fourth-order valence-electron chi connectivity index (χ4n) is 8.00. The monoisotopic (exact) mass is 1200 g/mol. The van der Waals surface area contributed by atoms with E-state index in [1.54, 1.807) is 6.92 Å². The van der Waals surface area contributed by atoms with Crippen molar-refractivity contribution in [3.63, 3.8) is 0 Å². The number of nitrogen functional groups attached to an aromatic ring is 3. The number of nitrogens with two attached hydrogens (primary N) is 3. The number of amides is 2. The zero-order chi connectivity index (χ0) is 60.5. The van der Waals surface area contributed by atoms with Crippen LogP contribution in [0.2, 0.25) is 10.3 Å². The maximum absolute atomic E-state index is 12.6. The van der Waals surface area contributed by atoms with Gasteiger partial charge in [-0.25, -0.2) is 39.1 Å². The number of aryl methyl sites for hydroxylation is 3. The van der Waals surface area contributed by atoms with Crippen molar-refractivity contribution in [3.8, 4) is 11.5 Å². The number of ketones is 2. The zero-order valence-electron chi connectivity index (χ0n) is 47.0. The molecule has 2 aromatic carbocycles. The summed E-state index contributed by atoms with van der Waals surface area (Å²) in [5.74, 6) is -1.14. The highest BCUT2D eigenvalue weighted by Crippen LogP contribution is 2.22. The summed E-state index contributed by atoms with van der Waals surface area (Å²) >= 11 is 11.9. The number of nitrogens with one attached hydrogen (secondary N) is 4. The predicted molar refractivity (Wildman–Crippen MR) is 310 cm³/mol. The molecule has 25 nitrogen and oxygen atoms in total. The number of hydrogen-bond acceptors (Lipinski definition) is 23. The van der Waals surface area contributed by atoms with Crippen LogP contribution < -0.4 is 37.3 Å². The highest BCUT2D eigenvalue weighted by atomic mass is 35.5. The lowest BCUT2D eigenvalue weighted by Gasteiger charge is -2.19. The number of rotatable bonds is 40. The summed E-state index contributed by atoms with van der Waals surface area (Å²) in [5.41, 5.74) is 20.3. The number of hydrogen-bond donors (Lipinski definition) is 7. The first kappa shape index (κ1) is 67.8. The Kier molecular flexibility index (Phi) is 30.5. The number of methoxy groups -OCH3 is 2. The van der Waals surface area contributed by atoms with Crippen LogP contribution in [0.15, 0.2) is 48.5 Å². The zero-order valence-corrected chi connectivity index (χ0v) is 48.5. The number of benzene rings is 2. The number of unbranched alkanes of at least 4 members (excludes halogenated alkanes) is 4. The molecule has 0 aliphatic carbocycles. The van der Waals surface area contributed by atoms with Gasteiger partial charge in [0.2, 0.25) is 0 Å². The van der Waals surface area contributed by atoms with E-state index in [0.717, 1.165) is 69.6 Å². The Balaban J connectivity index is 0.990. The van der Waals surface area contributed by atoms with E-state index in [1.807, 2.05) is 48.5 Å². The van der Waals surface area contributed by atoms with Gasteiger partial charge < -0.3 is 76.5 Å². The van der Waals surface area contributed by atoms with Crippen LogP contribution in [0.3, 0.4) is 0 Å². The molecule has 4 rings (SSSR count). The van der Waals surface area contributed by atoms with Crippen LogP contribution in [-0.4, -0.2) is 146 Å². The molecule has 0 spiro atoms. The molecule has 2 unspecified atom stereocenters. The number of anilines is 3. The van der Waals surface area contributed by atoms with E-state index in [9.17, 15) is 28.8 Å².